The summed E-state index contributed by atoms with van der Waals surface area (Å²) in [5.74, 6) is -1.05. The minimum atomic E-state index is -0.366. The molecule has 0 radical (unpaired) electrons. The summed E-state index contributed by atoms with van der Waals surface area (Å²) in [4.78, 5) is 38.7. The zero-order chi connectivity index (χ0) is 22.4. The van der Waals surface area contributed by atoms with Crippen LogP contribution in [-0.4, -0.2) is 38.0 Å². The van der Waals surface area contributed by atoms with E-state index in [4.69, 9.17) is 4.52 Å². The molecule has 9 nitrogen and oxygen atoms in total. The Kier molecular flexibility index (Phi) is 4.78. The normalized spacial score (nSPS) is 13.1. The molecule has 0 unspecified atom stereocenters. The number of nitrogens with one attached hydrogen (secondary N) is 1. The topological polar surface area (TPSA) is 118 Å². The van der Waals surface area contributed by atoms with Crippen LogP contribution in [-0.2, 0) is 17.8 Å². The number of aromatic nitrogens is 3. The molecular formula is C22H17N5O4S. The van der Waals surface area contributed by atoms with Gasteiger partial charge in [0.1, 0.15) is 10.7 Å². The molecule has 0 aliphatic carbocycles. The summed E-state index contributed by atoms with van der Waals surface area (Å²) in [5.41, 5.74) is 3.99. The van der Waals surface area contributed by atoms with Gasteiger partial charge >= 0.3 is 0 Å². The van der Waals surface area contributed by atoms with Gasteiger partial charge in [-0.05, 0) is 43.2 Å². The first-order valence-electron chi connectivity index (χ1n) is 9.83. The Bertz CT molecular complexity index is 1370. The molecule has 0 fully saturated rings. The molecule has 10 heteroatoms. The van der Waals surface area contributed by atoms with E-state index in [1.54, 1.807) is 24.3 Å². The number of carbonyl (C=O) groups excluding carboxylic acids is 3. The first-order chi connectivity index (χ1) is 15.4. The number of fused-ring (bicyclic) bond motifs is 2. The fraction of sp³-hybridized carbons (Fsp3) is 0.182. The molecule has 1 N–H and O–H groups in total. The van der Waals surface area contributed by atoms with Gasteiger partial charge in [-0.1, -0.05) is 34.7 Å². The van der Waals surface area contributed by atoms with Crippen molar-refractivity contribution in [3.63, 3.8) is 0 Å². The van der Waals surface area contributed by atoms with E-state index >= 15 is 0 Å². The quantitative estimate of drug-likeness (QED) is 0.466. The van der Waals surface area contributed by atoms with Gasteiger partial charge in [-0.2, -0.15) is 0 Å². The summed E-state index contributed by atoms with van der Waals surface area (Å²) >= 11 is 1.11. The maximum absolute atomic E-state index is 12.5. The number of amides is 3. The van der Waals surface area contributed by atoms with Gasteiger partial charge in [0.25, 0.3) is 11.8 Å². The van der Waals surface area contributed by atoms with Gasteiger partial charge < -0.3 is 9.84 Å². The van der Waals surface area contributed by atoms with E-state index in [-0.39, 0.29) is 35.8 Å². The van der Waals surface area contributed by atoms with Crippen molar-refractivity contribution < 1.29 is 18.9 Å². The third-order valence-corrected chi connectivity index (χ3v) is 6.02. The highest BCUT2D eigenvalue weighted by Gasteiger charge is 2.35. The number of hydrogen-bond acceptors (Lipinski definition) is 8. The third kappa shape index (κ3) is 3.44. The average molecular weight is 447 g/mol. The second-order valence-electron chi connectivity index (χ2n) is 7.55. The molecule has 2 aromatic carbocycles. The molecule has 1 aliphatic rings. The van der Waals surface area contributed by atoms with Gasteiger partial charge in [-0.15, -0.1) is 10.2 Å². The molecule has 32 heavy (non-hydrogen) atoms. The Labute approximate surface area is 186 Å². The Morgan fingerprint density at radius 3 is 2.53 bits per heavy atom. The van der Waals surface area contributed by atoms with Gasteiger partial charge in [0.15, 0.2) is 5.58 Å². The van der Waals surface area contributed by atoms with E-state index in [1.165, 1.54) is 0 Å². The van der Waals surface area contributed by atoms with Gasteiger partial charge in [0.05, 0.1) is 24.1 Å². The number of nitrogens with zero attached hydrogens (tertiary/aromatic N) is 4. The van der Waals surface area contributed by atoms with Crippen LogP contribution in [0.2, 0.25) is 0 Å². The Morgan fingerprint density at radius 1 is 1.09 bits per heavy atom. The predicted octanol–water partition coefficient (Wildman–Crippen LogP) is 3.27. The molecule has 4 aromatic rings. The summed E-state index contributed by atoms with van der Waals surface area (Å²) < 4.78 is 5.36. The van der Waals surface area contributed by atoms with Crippen molar-refractivity contribution in [1.82, 2.24) is 20.3 Å². The van der Waals surface area contributed by atoms with Crippen molar-refractivity contribution in [2.45, 2.75) is 26.8 Å². The SMILES string of the molecule is Cc1cc(C)c2c(CC(=O)Nc3nnc(CN4C(=O)c5ccccc5C4=O)s3)noc2c1. The number of rotatable bonds is 5. The first kappa shape index (κ1) is 20.0. The molecule has 160 valence electrons. The fourth-order valence-electron chi connectivity index (χ4n) is 3.84. The standard InChI is InChI=1S/C22H17N5O4S/c1-11-7-12(2)19-15(26-31-16(19)8-11)9-17(28)23-22-25-24-18(32-22)10-27-20(29)13-5-3-4-6-14(13)21(27)30/h3-8H,9-10H2,1-2H3,(H,23,25,28). The predicted molar refractivity (Wildman–Crippen MR) is 116 cm³/mol. The maximum atomic E-state index is 12.5. The lowest BCUT2D eigenvalue weighted by molar-refractivity contribution is -0.115. The number of aryl methyl sites for hydroxylation is 2. The zero-order valence-electron chi connectivity index (χ0n) is 17.2. The Hall–Kier alpha value is -3.92. The van der Waals surface area contributed by atoms with Gasteiger partial charge in [0.2, 0.25) is 11.0 Å². The lowest BCUT2D eigenvalue weighted by Crippen LogP contribution is -2.29. The van der Waals surface area contributed by atoms with Crippen LogP contribution >= 0.6 is 11.3 Å². The molecule has 5 rings (SSSR count). The zero-order valence-corrected chi connectivity index (χ0v) is 18.0. The smallest absolute Gasteiger partial charge is 0.261 e. The van der Waals surface area contributed by atoms with Crippen molar-refractivity contribution in [3.05, 3.63) is 69.4 Å². The van der Waals surface area contributed by atoms with Gasteiger partial charge in [-0.25, -0.2) is 0 Å². The van der Waals surface area contributed by atoms with E-state index in [2.05, 4.69) is 20.7 Å². The first-order valence-corrected chi connectivity index (χ1v) is 10.7. The average Bonchev–Trinajstić information content (AvgIpc) is 3.43. The lowest BCUT2D eigenvalue weighted by atomic mass is 10.0. The number of hydrogen-bond donors (Lipinski definition) is 1. The molecular weight excluding hydrogens is 430 g/mol. The highest BCUT2D eigenvalue weighted by atomic mass is 32.1. The molecule has 2 aromatic heterocycles. The van der Waals surface area contributed by atoms with E-state index in [0.717, 1.165) is 32.7 Å². The largest absolute Gasteiger partial charge is 0.356 e. The van der Waals surface area contributed by atoms with Crippen LogP contribution in [0.4, 0.5) is 5.13 Å². The number of benzene rings is 2. The summed E-state index contributed by atoms with van der Waals surface area (Å²) in [6.45, 7) is 3.91. The minimum absolute atomic E-state index is 0.00759. The van der Waals surface area contributed by atoms with Crippen LogP contribution in [0.1, 0.15) is 42.5 Å². The number of imide groups is 1. The minimum Gasteiger partial charge on any atom is -0.356 e. The second kappa shape index (κ2) is 7.65. The lowest BCUT2D eigenvalue weighted by Gasteiger charge is -2.10. The summed E-state index contributed by atoms with van der Waals surface area (Å²) in [7, 11) is 0. The van der Waals surface area contributed by atoms with Gasteiger partial charge in [0, 0.05) is 5.39 Å². The van der Waals surface area contributed by atoms with Crippen LogP contribution in [0.25, 0.3) is 11.0 Å². The van der Waals surface area contributed by atoms with Crippen molar-refractivity contribution in [3.8, 4) is 0 Å². The highest BCUT2D eigenvalue weighted by molar-refractivity contribution is 7.15. The second-order valence-corrected chi connectivity index (χ2v) is 8.61. The molecule has 0 atom stereocenters. The van der Waals surface area contributed by atoms with Crippen LogP contribution in [0.3, 0.4) is 0 Å². The molecule has 3 heterocycles. The molecule has 0 spiro atoms. The van der Waals surface area contributed by atoms with Crippen LogP contribution in [0.15, 0.2) is 40.9 Å². The van der Waals surface area contributed by atoms with Crippen LogP contribution in [0.5, 0.6) is 0 Å². The monoisotopic (exact) mass is 447 g/mol. The van der Waals surface area contributed by atoms with E-state index in [9.17, 15) is 14.4 Å². The number of carbonyl (C=O) groups is 3. The summed E-state index contributed by atoms with van der Waals surface area (Å²) in [5, 5.41) is 16.3. The maximum Gasteiger partial charge on any atom is 0.261 e. The van der Waals surface area contributed by atoms with Gasteiger partial charge in [-0.3, -0.25) is 19.3 Å². The molecule has 1 aliphatic heterocycles. The molecule has 0 saturated heterocycles. The van der Waals surface area contributed by atoms with Crippen LogP contribution < -0.4 is 5.32 Å². The van der Waals surface area contributed by atoms with E-state index in [0.29, 0.717) is 27.4 Å². The fourth-order valence-corrected chi connectivity index (χ4v) is 4.59. The van der Waals surface area contributed by atoms with E-state index < -0.39 is 0 Å². The Balaban J connectivity index is 1.27. The van der Waals surface area contributed by atoms with E-state index in [1.807, 2.05) is 26.0 Å². The summed E-state index contributed by atoms with van der Waals surface area (Å²) in [6.07, 6.45) is 0.0181. The molecule has 0 bridgehead atoms. The summed E-state index contributed by atoms with van der Waals surface area (Å²) in [6, 6.07) is 10.6. The van der Waals surface area contributed by atoms with Crippen molar-refractivity contribution in [2.24, 2.45) is 0 Å². The Morgan fingerprint density at radius 2 is 1.81 bits per heavy atom. The van der Waals surface area contributed by atoms with Crippen molar-refractivity contribution in [1.29, 1.82) is 0 Å². The number of anilines is 1. The molecule has 3 amide bonds. The van der Waals surface area contributed by atoms with Crippen LogP contribution in [0, 0.1) is 13.8 Å². The van der Waals surface area contributed by atoms with Crippen molar-refractivity contribution >= 4 is 45.2 Å². The van der Waals surface area contributed by atoms with Crippen molar-refractivity contribution in [2.75, 3.05) is 5.32 Å². The molecule has 0 saturated carbocycles. The highest BCUT2D eigenvalue weighted by Crippen LogP contribution is 2.27. The third-order valence-electron chi connectivity index (χ3n) is 5.20.